The van der Waals surface area contributed by atoms with Gasteiger partial charge in [0.2, 0.25) is 0 Å². The first kappa shape index (κ1) is 15.6. The highest BCUT2D eigenvalue weighted by Crippen LogP contribution is 2.23. The normalized spacial score (nSPS) is 10.6. The number of halogens is 1. The third-order valence-corrected chi connectivity index (χ3v) is 4.74. The summed E-state index contributed by atoms with van der Waals surface area (Å²) in [5.41, 5.74) is 1.03. The molecule has 0 aromatic carbocycles. The average molecular weight is 326 g/mol. The van der Waals surface area contributed by atoms with E-state index in [0.717, 1.165) is 23.0 Å². The molecule has 2 aromatic heterocycles. The second-order valence-corrected chi connectivity index (χ2v) is 7.25. The van der Waals surface area contributed by atoms with Gasteiger partial charge in [-0.05, 0) is 25.2 Å². The van der Waals surface area contributed by atoms with Crippen molar-refractivity contribution >= 4 is 34.3 Å². The van der Waals surface area contributed by atoms with Crippen molar-refractivity contribution < 1.29 is 5.11 Å². The molecule has 0 saturated heterocycles. The van der Waals surface area contributed by atoms with Gasteiger partial charge < -0.3 is 5.11 Å². The van der Waals surface area contributed by atoms with Gasteiger partial charge in [0.05, 0.1) is 10.9 Å². The fourth-order valence-corrected chi connectivity index (χ4v) is 3.84. The Bertz CT molecular complexity index is 609. The molecule has 0 radical (unpaired) electrons. The minimum atomic E-state index is 0.121. The van der Waals surface area contributed by atoms with Crippen molar-refractivity contribution in [1.29, 1.82) is 0 Å². The third kappa shape index (κ3) is 4.93. The third-order valence-electron chi connectivity index (χ3n) is 2.60. The minimum Gasteiger partial charge on any atom is -0.395 e. The van der Waals surface area contributed by atoms with Crippen LogP contribution in [0.25, 0.3) is 0 Å². The van der Waals surface area contributed by atoms with Gasteiger partial charge in [0.25, 0.3) is 0 Å². The molecule has 0 spiro atoms. The summed E-state index contributed by atoms with van der Waals surface area (Å²) in [7, 11) is 2.10. The van der Waals surface area contributed by atoms with E-state index in [-0.39, 0.29) is 6.61 Å². The lowest BCUT2D eigenvalue weighted by Gasteiger charge is -2.13. The monoisotopic (exact) mass is 325 g/mol. The van der Waals surface area contributed by atoms with Gasteiger partial charge in [0, 0.05) is 40.2 Å². The standard InChI is InChI=1S/C15H16ClNOS2/c1-17(9-13-5-6-15(16)20-13)10-14-8-12(11-19-14)4-2-3-7-18/h5-6,8,11,18H,3,7,9-10H2,1H3. The van der Waals surface area contributed by atoms with Crippen molar-refractivity contribution in [2.45, 2.75) is 19.5 Å². The van der Waals surface area contributed by atoms with Crippen LogP contribution in [0.4, 0.5) is 0 Å². The highest BCUT2D eigenvalue weighted by molar-refractivity contribution is 7.16. The number of thiophene rings is 2. The van der Waals surface area contributed by atoms with E-state index in [1.54, 1.807) is 22.7 Å². The Hall–Kier alpha value is -0.830. The molecule has 0 atom stereocenters. The molecule has 0 amide bonds. The van der Waals surface area contributed by atoms with Crippen molar-refractivity contribution in [2.75, 3.05) is 13.7 Å². The van der Waals surface area contributed by atoms with Gasteiger partial charge in [-0.1, -0.05) is 23.4 Å². The molecule has 0 saturated carbocycles. The van der Waals surface area contributed by atoms with Crippen LogP contribution in [-0.2, 0) is 13.1 Å². The quantitative estimate of drug-likeness (QED) is 0.845. The van der Waals surface area contributed by atoms with Crippen molar-refractivity contribution in [3.8, 4) is 11.8 Å². The SMILES string of the molecule is CN(Cc1cc(C#CCCO)cs1)Cc1ccc(Cl)s1. The van der Waals surface area contributed by atoms with Gasteiger partial charge in [-0.15, -0.1) is 22.7 Å². The van der Waals surface area contributed by atoms with E-state index in [0.29, 0.717) is 6.42 Å². The first-order valence-corrected chi connectivity index (χ1v) is 8.34. The Morgan fingerprint density at radius 2 is 2.10 bits per heavy atom. The summed E-state index contributed by atoms with van der Waals surface area (Å²) in [6.45, 7) is 1.93. The largest absolute Gasteiger partial charge is 0.395 e. The number of aliphatic hydroxyl groups is 1. The van der Waals surface area contributed by atoms with E-state index >= 15 is 0 Å². The molecule has 0 aliphatic rings. The number of hydrogen-bond acceptors (Lipinski definition) is 4. The molecule has 0 fully saturated rings. The summed E-state index contributed by atoms with van der Waals surface area (Å²) in [5, 5.41) is 10.8. The van der Waals surface area contributed by atoms with Gasteiger partial charge in [0.15, 0.2) is 0 Å². The van der Waals surface area contributed by atoms with Crippen molar-refractivity contribution in [2.24, 2.45) is 0 Å². The Balaban J connectivity index is 1.88. The van der Waals surface area contributed by atoms with Gasteiger partial charge >= 0.3 is 0 Å². The van der Waals surface area contributed by atoms with Crippen LogP contribution in [0.3, 0.4) is 0 Å². The van der Waals surface area contributed by atoms with Gasteiger partial charge in [-0.25, -0.2) is 0 Å². The summed E-state index contributed by atoms with van der Waals surface area (Å²) >= 11 is 9.29. The van der Waals surface area contributed by atoms with Crippen LogP contribution >= 0.6 is 34.3 Å². The molecule has 2 heterocycles. The van der Waals surface area contributed by atoms with E-state index < -0.39 is 0 Å². The summed E-state index contributed by atoms with van der Waals surface area (Å²) in [5.74, 6) is 6.00. The van der Waals surface area contributed by atoms with E-state index in [2.05, 4.69) is 41.3 Å². The Labute approximate surface area is 132 Å². The smallest absolute Gasteiger partial charge is 0.0931 e. The van der Waals surface area contributed by atoms with E-state index in [9.17, 15) is 0 Å². The number of aliphatic hydroxyl groups excluding tert-OH is 1. The van der Waals surface area contributed by atoms with Gasteiger partial charge in [-0.2, -0.15) is 0 Å². The van der Waals surface area contributed by atoms with Crippen molar-refractivity contribution in [3.63, 3.8) is 0 Å². The van der Waals surface area contributed by atoms with E-state index in [1.807, 2.05) is 6.07 Å². The molecule has 1 N–H and O–H groups in total. The second kappa shape index (κ2) is 7.82. The molecule has 5 heteroatoms. The second-order valence-electron chi connectivity index (χ2n) is 4.46. The van der Waals surface area contributed by atoms with Gasteiger partial charge in [-0.3, -0.25) is 4.90 Å². The maximum Gasteiger partial charge on any atom is 0.0931 e. The maximum atomic E-state index is 8.70. The lowest BCUT2D eigenvalue weighted by Crippen LogP contribution is -2.15. The molecular formula is C15H16ClNOS2. The Kier molecular flexibility index (Phi) is 6.08. The van der Waals surface area contributed by atoms with E-state index in [1.165, 1.54) is 9.75 Å². The predicted molar refractivity (Wildman–Crippen MR) is 87.4 cm³/mol. The Morgan fingerprint density at radius 3 is 2.80 bits per heavy atom. The summed E-state index contributed by atoms with van der Waals surface area (Å²) < 4.78 is 0.839. The average Bonchev–Trinajstić information content (AvgIpc) is 2.99. The summed E-state index contributed by atoms with van der Waals surface area (Å²) in [6, 6.07) is 6.13. The summed E-state index contributed by atoms with van der Waals surface area (Å²) in [4.78, 5) is 4.83. The van der Waals surface area contributed by atoms with Gasteiger partial charge in [0.1, 0.15) is 0 Å². The lowest BCUT2D eigenvalue weighted by molar-refractivity contribution is 0.305. The van der Waals surface area contributed by atoms with Crippen molar-refractivity contribution in [3.05, 3.63) is 43.2 Å². The number of nitrogens with zero attached hydrogens (tertiary/aromatic N) is 1. The van der Waals surface area contributed by atoms with Crippen LogP contribution in [0, 0.1) is 11.8 Å². The molecular weight excluding hydrogens is 310 g/mol. The van der Waals surface area contributed by atoms with E-state index in [4.69, 9.17) is 16.7 Å². The minimum absolute atomic E-state index is 0.121. The summed E-state index contributed by atoms with van der Waals surface area (Å²) in [6.07, 6.45) is 0.532. The fourth-order valence-electron chi connectivity index (χ4n) is 1.77. The Morgan fingerprint density at radius 1 is 1.30 bits per heavy atom. The molecule has 0 bridgehead atoms. The van der Waals surface area contributed by atoms with Crippen LogP contribution in [0.5, 0.6) is 0 Å². The van der Waals surface area contributed by atoms with Crippen LogP contribution in [0.1, 0.15) is 21.7 Å². The van der Waals surface area contributed by atoms with Crippen LogP contribution < -0.4 is 0 Å². The first-order chi connectivity index (χ1) is 9.67. The molecule has 20 heavy (non-hydrogen) atoms. The topological polar surface area (TPSA) is 23.5 Å². The number of hydrogen-bond donors (Lipinski definition) is 1. The first-order valence-electron chi connectivity index (χ1n) is 6.27. The fraction of sp³-hybridized carbons (Fsp3) is 0.333. The van der Waals surface area contributed by atoms with Crippen LogP contribution in [0.2, 0.25) is 4.34 Å². The molecule has 0 aliphatic heterocycles. The lowest BCUT2D eigenvalue weighted by atomic mass is 10.3. The molecule has 2 rings (SSSR count). The zero-order valence-electron chi connectivity index (χ0n) is 11.2. The predicted octanol–water partition coefficient (Wildman–Crippen LogP) is 3.83. The molecule has 0 unspecified atom stereocenters. The molecule has 106 valence electrons. The zero-order chi connectivity index (χ0) is 14.4. The highest BCUT2D eigenvalue weighted by atomic mass is 35.5. The maximum absolute atomic E-state index is 8.70. The highest BCUT2D eigenvalue weighted by Gasteiger charge is 2.06. The molecule has 2 nitrogen and oxygen atoms in total. The zero-order valence-corrected chi connectivity index (χ0v) is 13.6. The van der Waals surface area contributed by atoms with Crippen molar-refractivity contribution in [1.82, 2.24) is 4.90 Å². The van der Waals surface area contributed by atoms with Crippen LogP contribution in [0.15, 0.2) is 23.6 Å². The van der Waals surface area contributed by atoms with Crippen LogP contribution in [-0.4, -0.2) is 23.7 Å². The number of rotatable bonds is 5. The molecule has 0 aliphatic carbocycles. The molecule has 2 aromatic rings.